The molecule has 5 nitrogen and oxygen atoms in total. The number of hydrogen-bond donors (Lipinski definition) is 2. The normalized spacial score (nSPS) is 11.7. The van der Waals surface area contributed by atoms with Crippen LogP contribution in [0.1, 0.15) is 33.1 Å². The summed E-state index contributed by atoms with van der Waals surface area (Å²) >= 11 is 1.46. The number of amides is 1. The van der Waals surface area contributed by atoms with E-state index in [1.807, 2.05) is 38.1 Å². The molecule has 0 bridgehead atoms. The number of benzene rings is 1. The second kappa shape index (κ2) is 7.09. The molecule has 1 amide bonds. The minimum Gasteiger partial charge on any atom is -0.482 e. The Kier molecular flexibility index (Phi) is 5.16. The second-order valence-electron chi connectivity index (χ2n) is 4.86. The highest BCUT2D eigenvalue weighted by Crippen LogP contribution is 2.20. The van der Waals surface area contributed by atoms with E-state index in [9.17, 15) is 9.59 Å². The van der Waals surface area contributed by atoms with Crippen molar-refractivity contribution in [3.63, 3.8) is 0 Å². The number of carbonyl (C=O) groups is 2. The summed E-state index contributed by atoms with van der Waals surface area (Å²) in [5, 5.41) is 11.5. The Labute approximate surface area is 132 Å². The van der Waals surface area contributed by atoms with E-state index in [0.717, 1.165) is 10.4 Å². The van der Waals surface area contributed by atoms with Gasteiger partial charge in [-0.15, -0.1) is 11.3 Å². The van der Waals surface area contributed by atoms with Gasteiger partial charge in [0.1, 0.15) is 5.75 Å². The van der Waals surface area contributed by atoms with E-state index in [1.165, 1.54) is 11.3 Å². The first kappa shape index (κ1) is 16.0. The van der Waals surface area contributed by atoms with Crippen LogP contribution >= 0.6 is 11.3 Å². The fourth-order valence-corrected chi connectivity index (χ4v) is 2.68. The van der Waals surface area contributed by atoms with Crippen LogP contribution in [0.15, 0.2) is 36.4 Å². The largest absolute Gasteiger partial charge is 0.482 e. The Bertz CT molecular complexity index is 663. The van der Waals surface area contributed by atoms with Crippen LogP contribution in [-0.2, 0) is 4.79 Å². The van der Waals surface area contributed by atoms with Crippen molar-refractivity contribution < 1.29 is 19.4 Å². The fraction of sp³-hybridized carbons (Fsp3) is 0.250. The van der Waals surface area contributed by atoms with Crippen LogP contribution in [0.2, 0.25) is 0 Å². The molecule has 0 spiro atoms. The van der Waals surface area contributed by atoms with E-state index in [2.05, 4.69) is 5.32 Å². The van der Waals surface area contributed by atoms with Crippen LogP contribution in [0.4, 0.5) is 0 Å². The van der Waals surface area contributed by atoms with Gasteiger partial charge in [0.25, 0.3) is 5.91 Å². The van der Waals surface area contributed by atoms with Gasteiger partial charge in [0.15, 0.2) is 6.61 Å². The number of carboxylic acids is 1. The Morgan fingerprint density at radius 2 is 1.91 bits per heavy atom. The molecule has 116 valence electrons. The van der Waals surface area contributed by atoms with Crippen LogP contribution in [0.25, 0.3) is 0 Å². The maximum atomic E-state index is 12.1. The third-order valence-electron chi connectivity index (χ3n) is 3.05. The molecule has 0 saturated carbocycles. The molecule has 0 saturated heterocycles. The van der Waals surface area contributed by atoms with Gasteiger partial charge in [-0.25, -0.2) is 4.79 Å². The van der Waals surface area contributed by atoms with E-state index in [0.29, 0.717) is 10.6 Å². The lowest BCUT2D eigenvalue weighted by atomic mass is 10.1. The van der Waals surface area contributed by atoms with Gasteiger partial charge in [0.05, 0.1) is 10.9 Å². The Hall–Kier alpha value is -2.34. The predicted molar refractivity (Wildman–Crippen MR) is 84.5 cm³/mol. The number of hydrogen-bond acceptors (Lipinski definition) is 4. The van der Waals surface area contributed by atoms with Gasteiger partial charge in [-0.05, 0) is 43.7 Å². The maximum Gasteiger partial charge on any atom is 0.341 e. The summed E-state index contributed by atoms with van der Waals surface area (Å²) < 4.78 is 5.07. The lowest BCUT2D eigenvalue weighted by Crippen LogP contribution is -2.25. The fourth-order valence-electron chi connectivity index (χ4n) is 1.91. The third kappa shape index (κ3) is 4.33. The minimum absolute atomic E-state index is 0.100. The zero-order valence-corrected chi connectivity index (χ0v) is 13.1. The summed E-state index contributed by atoms with van der Waals surface area (Å²) in [6.07, 6.45) is 0. The lowest BCUT2D eigenvalue weighted by Gasteiger charge is -2.14. The zero-order valence-electron chi connectivity index (χ0n) is 12.3. The van der Waals surface area contributed by atoms with Gasteiger partial charge in [-0.2, -0.15) is 0 Å². The minimum atomic E-state index is -1.02. The highest BCUT2D eigenvalue weighted by Gasteiger charge is 2.13. The molecule has 0 aliphatic rings. The number of rotatable bonds is 6. The van der Waals surface area contributed by atoms with Crippen molar-refractivity contribution in [3.8, 4) is 5.75 Å². The number of nitrogens with one attached hydrogen (secondary N) is 1. The molecule has 1 aromatic carbocycles. The Morgan fingerprint density at radius 1 is 1.23 bits per heavy atom. The number of thiophene rings is 1. The highest BCUT2D eigenvalue weighted by atomic mass is 32.1. The van der Waals surface area contributed by atoms with Crippen LogP contribution in [0.5, 0.6) is 5.75 Å². The van der Waals surface area contributed by atoms with Crippen LogP contribution in [-0.4, -0.2) is 23.6 Å². The van der Waals surface area contributed by atoms with Gasteiger partial charge in [-0.3, -0.25) is 4.79 Å². The molecule has 1 heterocycles. The predicted octanol–water partition coefficient (Wildman–Crippen LogP) is 3.01. The molecule has 0 fully saturated rings. The lowest BCUT2D eigenvalue weighted by molar-refractivity contribution is -0.139. The van der Waals surface area contributed by atoms with E-state index >= 15 is 0 Å². The number of carboxylic acid groups (broad SMARTS) is 1. The van der Waals surface area contributed by atoms with Gasteiger partial charge >= 0.3 is 5.97 Å². The zero-order chi connectivity index (χ0) is 16.1. The SMILES string of the molecule is Cc1ccc(C(=O)NC(C)c2ccc(OCC(=O)O)cc2)s1. The van der Waals surface area contributed by atoms with Crippen molar-refractivity contribution in [3.05, 3.63) is 51.7 Å². The molecule has 1 unspecified atom stereocenters. The average molecular weight is 319 g/mol. The van der Waals surface area contributed by atoms with Crippen molar-refractivity contribution in [2.75, 3.05) is 6.61 Å². The van der Waals surface area contributed by atoms with Crippen molar-refractivity contribution >= 4 is 23.2 Å². The Morgan fingerprint density at radius 3 is 2.45 bits per heavy atom. The first-order chi connectivity index (χ1) is 10.5. The first-order valence-corrected chi connectivity index (χ1v) is 7.59. The molecule has 0 aliphatic heterocycles. The quantitative estimate of drug-likeness (QED) is 0.858. The summed E-state index contributed by atoms with van der Waals surface area (Å²) in [4.78, 5) is 24.3. The van der Waals surface area contributed by atoms with Crippen LogP contribution in [0, 0.1) is 6.92 Å². The first-order valence-electron chi connectivity index (χ1n) is 6.77. The Balaban J connectivity index is 1.96. The highest BCUT2D eigenvalue weighted by molar-refractivity contribution is 7.13. The smallest absolute Gasteiger partial charge is 0.341 e. The van der Waals surface area contributed by atoms with Crippen molar-refractivity contribution in [2.45, 2.75) is 19.9 Å². The van der Waals surface area contributed by atoms with Gasteiger partial charge in [-0.1, -0.05) is 12.1 Å². The van der Waals surface area contributed by atoms with E-state index in [4.69, 9.17) is 9.84 Å². The maximum absolute atomic E-state index is 12.1. The standard InChI is InChI=1S/C16H17NO4S/c1-10-3-8-14(22-10)16(20)17-11(2)12-4-6-13(7-5-12)21-9-15(18)19/h3-8,11H,9H2,1-2H3,(H,17,20)(H,18,19). The summed E-state index contributed by atoms with van der Waals surface area (Å²) in [6, 6.07) is 10.6. The molecule has 6 heteroatoms. The molecular weight excluding hydrogens is 302 g/mol. The number of aryl methyl sites for hydroxylation is 1. The average Bonchev–Trinajstić information content (AvgIpc) is 2.92. The van der Waals surface area contributed by atoms with Crippen LogP contribution in [0.3, 0.4) is 0 Å². The van der Waals surface area contributed by atoms with Gasteiger partial charge in [0, 0.05) is 4.88 Å². The molecule has 22 heavy (non-hydrogen) atoms. The molecule has 2 aromatic rings. The van der Waals surface area contributed by atoms with Crippen molar-refractivity contribution in [2.24, 2.45) is 0 Å². The molecule has 2 N–H and O–H groups in total. The number of carbonyl (C=O) groups excluding carboxylic acids is 1. The summed E-state index contributed by atoms with van der Waals surface area (Å²) in [5.74, 6) is -0.633. The summed E-state index contributed by atoms with van der Waals surface area (Å²) in [7, 11) is 0. The van der Waals surface area contributed by atoms with Gasteiger partial charge in [0.2, 0.25) is 0 Å². The monoisotopic (exact) mass is 319 g/mol. The molecule has 2 rings (SSSR count). The molecular formula is C16H17NO4S. The summed E-state index contributed by atoms with van der Waals surface area (Å²) in [5.41, 5.74) is 0.921. The molecule has 1 aromatic heterocycles. The second-order valence-corrected chi connectivity index (χ2v) is 6.14. The summed E-state index contributed by atoms with van der Waals surface area (Å²) in [6.45, 7) is 3.48. The third-order valence-corrected chi connectivity index (χ3v) is 4.05. The topological polar surface area (TPSA) is 75.6 Å². The number of ether oxygens (including phenoxy) is 1. The number of aliphatic carboxylic acids is 1. The van der Waals surface area contributed by atoms with E-state index in [1.54, 1.807) is 12.1 Å². The van der Waals surface area contributed by atoms with E-state index in [-0.39, 0.29) is 18.6 Å². The van der Waals surface area contributed by atoms with E-state index < -0.39 is 5.97 Å². The van der Waals surface area contributed by atoms with Crippen molar-refractivity contribution in [1.29, 1.82) is 0 Å². The van der Waals surface area contributed by atoms with Crippen LogP contribution < -0.4 is 10.1 Å². The van der Waals surface area contributed by atoms with Crippen molar-refractivity contribution in [1.82, 2.24) is 5.32 Å². The molecule has 0 aliphatic carbocycles. The van der Waals surface area contributed by atoms with Gasteiger partial charge < -0.3 is 15.2 Å². The molecule has 1 atom stereocenters. The molecule has 0 radical (unpaired) electrons.